The van der Waals surface area contributed by atoms with Gasteiger partial charge in [-0.05, 0) is 55.7 Å². The van der Waals surface area contributed by atoms with Crippen LogP contribution in [0.4, 0.5) is 0 Å². The van der Waals surface area contributed by atoms with Gasteiger partial charge in [-0.15, -0.1) is 0 Å². The Kier molecular flexibility index (Phi) is 3.96. The Labute approximate surface area is 146 Å². The lowest BCUT2D eigenvalue weighted by Crippen LogP contribution is -1.97. The zero-order chi connectivity index (χ0) is 15.9. The highest BCUT2D eigenvalue weighted by Crippen LogP contribution is 2.44. The minimum absolute atomic E-state index is 0.00507. The van der Waals surface area contributed by atoms with Crippen molar-refractivity contribution in [2.24, 2.45) is 0 Å². The summed E-state index contributed by atoms with van der Waals surface area (Å²) in [6.07, 6.45) is 0.956. The van der Waals surface area contributed by atoms with Gasteiger partial charge in [-0.3, -0.25) is 0 Å². The molecule has 2 aliphatic heterocycles. The van der Waals surface area contributed by atoms with Gasteiger partial charge in [0.2, 0.25) is 0 Å². The second-order valence-corrected chi connectivity index (χ2v) is 9.60. The lowest BCUT2D eigenvalue weighted by Gasteiger charge is -2.09. The van der Waals surface area contributed by atoms with Crippen molar-refractivity contribution in [3.8, 4) is 0 Å². The number of rotatable bonds is 6. The number of hydrogen-bond donors (Lipinski definition) is 0. The van der Waals surface area contributed by atoms with E-state index in [2.05, 4.69) is 62.4 Å². The van der Waals surface area contributed by atoms with Crippen molar-refractivity contribution < 1.29 is 9.47 Å². The van der Waals surface area contributed by atoms with Crippen LogP contribution in [0.25, 0.3) is 0 Å². The Morgan fingerprint density at radius 3 is 1.65 bits per heavy atom. The summed E-state index contributed by atoms with van der Waals surface area (Å²) in [7, 11) is 0. The topological polar surface area (TPSA) is 25.1 Å². The predicted molar refractivity (Wildman–Crippen MR) is 96.1 cm³/mol. The third kappa shape index (κ3) is 4.13. The van der Waals surface area contributed by atoms with Crippen LogP contribution in [0.15, 0.2) is 58.3 Å². The number of epoxide rings is 2. The van der Waals surface area contributed by atoms with Crippen LogP contribution in [-0.2, 0) is 15.9 Å². The van der Waals surface area contributed by atoms with Crippen LogP contribution >= 0.6 is 23.5 Å². The van der Waals surface area contributed by atoms with Gasteiger partial charge in [-0.1, -0.05) is 47.8 Å². The molecule has 0 aliphatic carbocycles. The average molecular weight is 345 g/mol. The van der Waals surface area contributed by atoms with Gasteiger partial charge < -0.3 is 9.47 Å². The molecule has 2 unspecified atom stereocenters. The van der Waals surface area contributed by atoms with E-state index in [1.807, 2.05) is 23.5 Å². The minimum atomic E-state index is -0.00507. The van der Waals surface area contributed by atoms with E-state index >= 15 is 0 Å². The van der Waals surface area contributed by atoms with Crippen LogP contribution in [0.3, 0.4) is 0 Å². The van der Waals surface area contributed by atoms with Crippen molar-refractivity contribution in [3.63, 3.8) is 0 Å². The molecule has 4 heteroatoms. The Hall–Kier alpha value is -0.940. The predicted octanol–water partition coefficient (Wildman–Crippen LogP) is 4.95. The van der Waals surface area contributed by atoms with E-state index in [4.69, 9.17) is 9.47 Å². The Balaban J connectivity index is 1.47. The Morgan fingerprint density at radius 2 is 1.26 bits per heavy atom. The molecule has 120 valence electrons. The maximum atomic E-state index is 5.47. The van der Waals surface area contributed by atoms with Gasteiger partial charge >= 0.3 is 0 Å². The molecule has 2 aromatic carbocycles. The first kappa shape index (κ1) is 15.6. The lowest BCUT2D eigenvalue weighted by molar-refractivity contribution is 0.401. The largest absolute Gasteiger partial charge is 0.358 e. The molecule has 2 nitrogen and oxygen atoms in total. The molecule has 0 spiro atoms. The molecule has 0 aromatic heterocycles. The molecule has 2 atom stereocenters. The molecule has 2 saturated heterocycles. The van der Waals surface area contributed by atoms with Crippen LogP contribution in [0.2, 0.25) is 0 Å². The van der Waals surface area contributed by atoms with E-state index in [1.165, 1.54) is 20.9 Å². The standard InChI is InChI=1S/C19H20O2S2/c1-18(12-20-18)22-16-7-3-5-14(10-16)9-15-6-4-8-17(11-15)23-19(2)13-21-19/h3-8,10-11H,9,12-13H2,1-2H3. The maximum absolute atomic E-state index is 5.47. The van der Waals surface area contributed by atoms with Gasteiger partial charge in [0.05, 0.1) is 13.2 Å². The van der Waals surface area contributed by atoms with E-state index in [-0.39, 0.29) is 9.87 Å². The summed E-state index contributed by atoms with van der Waals surface area (Å²) in [6.45, 7) is 5.99. The molecular weight excluding hydrogens is 324 g/mol. The van der Waals surface area contributed by atoms with E-state index in [0.29, 0.717) is 0 Å². The van der Waals surface area contributed by atoms with Crippen molar-refractivity contribution >= 4 is 23.5 Å². The first-order valence-corrected chi connectivity index (χ1v) is 9.49. The zero-order valence-electron chi connectivity index (χ0n) is 13.4. The van der Waals surface area contributed by atoms with E-state index in [0.717, 1.165) is 19.6 Å². The van der Waals surface area contributed by atoms with Crippen LogP contribution < -0.4 is 0 Å². The number of ether oxygens (including phenoxy) is 2. The molecule has 4 rings (SSSR count). The first-order valence-electron chi connectivity index (χ1n) is 7.86. The first-order chi connectivity index (χ1) is 11.0. The normalized spacial score (nSPS) is 28.6. The molecule has 2 fully saturated rings. The molecule has 0 radical (unpaired) electrons. The van der Waals surface area contributed by atoms with Gasteiger partial charge in [0, 0.05) is 9.79 Å². The summed E-state index contributed by atoms with van der Waals surface area (Å²) in [5.74, 6) is 0. The summed E-state index contributed by atoms with van der Waals surface area (Å²) in [5, 5.41) is 0. The Morgan fingerprint density at radius 1 is 0.826 bits per heavy atom. The molecule has 2 heterocycles. The summed E-state index contributed by atoms with van der Waals surface area (Å²) in [4.78, 5) is 2.56. The third-order valence-electron chi connectivity index (χ3n) is 3.97. The van der Waals surface area contributed by atoms with Gasteiger partial charge in [-0.25, -0.2) is 0 Å². The van der Waals surface area contributed by atoms with Crippen LogP contribution in [0, 0.1) is 0 Å². The van der Waals surface area contributed by atoms with Gasteiger partial charge in [0.25, 0.3) is 0 Å². The van der Waals surface area contributed by atoms with Crippen molar-refractivity contribution in [2.45, 2.75) is 39.9 Å². The van der Waals surface area contributed by atoms with Crippen molar-refractivity contribution in [1.29, 1.82) is 0 Å². The summed E-state index contributed by atoms with van der Waals surface area (Å²) in [6, 6.07) is 17.6. The highest BCUT2D eigenvalue weighted by Gasteiger charge is 2.41. The highest BCUT2D eigenvalue weighted by molar-refractivity contribution is 8.01. The molecule has 0 bridgehead atoms. The highest BCUT2D eigenvalue weighted by atomic mass is 32.2. The SMILES string of the molecule is CC1(Sc2cccc(Cc3cccc(SC4(C)CO4)c3)c2)CO1. The van der Waals surface area contributed by atoms with Crippen molar-refractivity contribution in [3.05, 3.63) is 59.7 Å². The molecule has 0 N–H and O–H groups in total. The summed E-state index contributed by atoms with van der Waals surface area (Å²) in [5.41, 5.74) is 2.69. The van der Waals surface area contributed by atoms with E-state index in [1.54, 1.807) is 0 Å². The number of thioether (sulfide) groups is 2. The lowest BCUT2D eigenvalue weighted by atomic mass is 10.1. The molecule has 23 heavy (non-hydrogen) atoms. The van der Waals surface area contributed by atoms with Gasteiger partial charge in [0.15, 0.2) is 0 Å². The fourth-order valence-electron chi connectivity index (χ4n) is 2.49. The molecular formula is C19H20O2S2. The molecule has 2 aromatic rings. The van der Waals surface area contributed by atoms with E-state index in [9.17, 15) is 0 Å². The zero-order valence-corrected chi connectivity index (χ0v) is 15.0. The van der Waals surface area contributed by atoms with Gasteiger partial charge in [0.1, 0.15) is 9.87 Å². The fourth-order valence-corrected chi connectivity index (χ4v) is 4.56. The summed E-state index contributed by atoms with van der Waals surface area (Å²) < 4.78 is 10.9. The van der Waals surface area contributed by atoms with Crippen molar-refractivity contribution in [1.82, 2.24) is 0 Å². The monoisotopic (exact) mass is 344 g/mol. The Bertz CT molecular complexity index is 659. The maximum Gasteiger partial charge on any atom is 0.138 e. The van der Waals surface area contributed by atoms with Crippen LogP contribution in [0.5, 0.6) is 0 Å². The second kappa shape index (κ2) is 5.85. The van der Waals surface area contributed by atoms with Crippen LogP contribution in [0.1, 0.15) is 25.0 Å². The molecule has 0 saturated carbocycles. The quantitative estimate of drug-likeness (QED) is 0.692. The minimum Gasteiger partial charge on any atom is -0.358 e. The van der Waals surface area contributed by atoms with Gasteiger partial charge in [-0.2, -0.15) is 0 Å². The fraction of sp³-hybridized carbons (Fsp3) is 0.368. The third-order valence-corrected chi connectivity index (χ3v) is 6.29. The second-order valence-electron chi connectivity index (χ2n) is 6.52. The number of hydrogen-bond acceptors (Lipinski definition) is 4. The smallest absolute Gasteiger partial charge is 0.138 e. The summed E-state index contributed by atoms with van der Waals surface area (Å²) >= 11 is 3.63. The molecule has 2 aliphatic rings. The molecule has 0 amide bonds. The van der Waals surface area contributed by atoms with Crippen LogP contribution in [-0.4, -0.2) is 23.1 Å². The average Bonchev–Trinajstić information content (AvgIpc) is 3.40. The van der Waals surface area contributed by atoms with Crippen molar-refractivity contribution in [2.75, 3.05) is 13.2 Å². The number of benzene rings is 2. The van der Waals surface area contributed by atoms with E-state index < -0.39 is 0 Å².